The molecule has 2 rings (SSSR count). The lowest BCUT2D eigenvalue weighted by Gasteiger charge is -2.39. The van der Waals surface area contributed by atoms with Crippen molar-refractivity contribution < 1.29 is 0 Å². The standard InChI is InChI=1S/C9H16/c1-4-7-6(2)9(3)5-8(7)9/h6-8H,4-5H2,1-3H3. The Morgan fingerprint density at radius 3 is 2.44 bits per heavy atom. The van der Waals surface area contributed by atoms with E-state index in [-0.39, 0.29) is 0 Å². The summed E-state index contributed by atoms with van der Waals surface area (Å²) in [6.45, 7) is 7.21. The van der Waals surface area contributed by atoms with Gasteiger partial charge < -0.3 is 0 Å². The molecule has 0 aromatic carbocycles. The molecule has 0 nitrogen and oxygen atoms in total. The third-order valence-corrected chi connectivity index (χ3v) is 4.02. The largest absolute Gasteiger partial charge is 0.0651 e. The molecule has 0 N–H and O–H groups in total. The van der Waals surface area contributed by atoms with E-state index in [0.29, 0.717) is 0 Å². The van der Waals surface area contributed by atoms with Gasteiger partial charge in [-0.05, 0) is 29.6 Å². The lowest BCUT2D eigenvalue weighted by molar-refractivity contribution is 0.0866. The second kappa shape index (κ2) is 1.36. The van der Waals surface area contributed by atoms with E-state index in [0.717, 1.165) is 23.2 Å². The minimum absolute atomic E-state index is 0.820. The fourth-order valence-corrected chi connectivity index (χ4v) is 2.94. The molecule has 0 bridgehead atoms. The topological polar surface area (TPSA) is 0 Å². The van der Waals surface area contributed by atoms with Gasteiger partial charge in [0.1, 0.15) is 0 Å². The van der Waals surface area contributed by atoms with Gasteiger partial charge in [0, 0.05) is 0 Å². The van der Waals surface area contributed by atoms with Gasteiger partial charge in [-0.3, -0.25) is 0 Å². The van der Waals surface area contributed by atoms with Crippen molar-refractivity contribution in [2.45, 2.75) is 33.6 Å². The monoisotopic (exact) mass is 124 g/mol. The van der Waals surface area contributed by atoms with Crippen molar-refractivity contribution in [2.24, 2.45) is 23.2 Å². The van der Waals surface area contributed by atoms with Crippen LogP contribution in [0.3, 0.4) is 0 Å². The predicted molar refractivity (Wildman–Crippen MR) is 39.2 cm³/mol. The van der Waals surface area contributed by atoms with Gasteiger partial charge in [-0.15, -0.1) is 0 Å². The minimum Gasteiger partial charge on any atom is -0.0651 e. The third kappa shape index (κ3) is 0.461. The van der Waals surface area contributed by atoms with Crippen molar-refractivity contribution in [3.05, 3.63) is 0 Å². The summed E-state index contributed by atoms with van der Waals surface area (Å²) in [5, 5.41) is 0. The van der Waals surface area contributed by atoms with Crippen LogP contribution in [0.4, 0.5) is 0 Å². The molecule has 0 amide bonds. The molecule has 4 atom stereocenters. The number of fused-ring (bicyclic) bond motifs is 1. The molecule has 0 saturated heterocycles. The molecule has 0 aromatic heterocycles. The first-order valence-corrected chi connectivity index (χ1v) is 4.20. The average molecular weight is 124 g/mol. The number of hydrogen-bond acceptors (Lipinski definition) is 0. The van der Waals surface area contributed by atoms with Crippen LogP contribution >= 0.6 is 0 Å². The molecule has 2 saturated carbocycles. The quantitative estimate of drug-likeness (QED) is 0.504. The zero-order chi connectivity index (χ0) is 6.65. The predicted octanol–water partition coefficient (Wildman–Crippen LogP) is 2.69. The average Bonchev–Trinajstić information content (AvgIpc) is 2.42. The van der Waals surface area contributed by atoms with Crippen LogP contribution in [0.2, 0.25) is 0 Å². The molecule has 9 heavy (non-hydrogen) atoms. The summed E-state index contributed by atoms with van der Waals surface area (Å²) in [7, 11) is 0. The highest BCUT2D eigenvalue weighted by molar-refractivity contribution is 5.15. The lowest BCUT2D eigenvalue weighted by Crippen LogP contribution is -2.34. The van der Waals surface area contributed by atoms with Crippen molar-refractivity contribution in [1.82, 2.24) is 0 Å². The summed E-state index contributed by atoms with van der Waals surface area (Å²) in [5.41, 5.74) is 0.820. The highest BCUT2D eigenvalue weighted by atomic mass is 14.7. The Hall–Kier alpha value is 0. The number of hydrogen-bond donors (Lipinski definition) is 0. The molecule has 0 spiro atoms. The summed E-state index contributed by atoms with van der Waals surface area (Å²) in [6.07, 6.45) is 2.95. The van der Waals surface area contributed by atoms with Crippen LogP contribution in [-0.2, 0) is 0 Å². The van der Waals surface area contributed by atoms with Gasteiger partial charge in [0.2, 0.25) is 0 Å². The van der Waals surface area contributed by atoms with E-state index in [4.69, 9.17) is 0 Å². The Morgan fingerprint density at radius 1 is 1.56 bits per heavy atom. The molecule has 0 aromatic rings. The van der Waals surface area contributed by atoms with Gasteiger partial charge in [-0.25, -0.2) is 0 Å². The van der Waals surface area contributed by atoms with Crippen LogP contribution in [0.5, 0.6) is 0 Å². The second-order valence-electron chi connectivity index (χ2n) is 4.18. The molecule has 2 aliphatic carbocycles. The summed E-state index contributed by atoms with van der Waals surface area (Å²) < 4.78 is 0. The first kappa shape index (κ1) is 5.76. The smallest absolute Gasteiger partial charge is 0.0263 e. The molecule has 4 unspecified atom stereocenters. The maximum atomic E-state index is 2.45. The van der Waals surface area contributed by atoms with Gasteiger partial charge in [-0.1, -0.05) is 27.2 Å². The first-order valence-electron chi connectivity index (χ1n) is 4.20. The van der Waals surface area contributed by atoms with Gasteiger partial charge >= 0.3 is 0 Å². The Labute approximate surface area is 57.6 Å². The summed E-state index contributed by atoms with van der Waals surface area (Å²) in [6, 6.07) is 0. The number of rotatable bonds is 1. The lowest BCUT2D eigenvalue weighted by atomic mass is 9.65. The Kier molecular flexibility index (Phi) is 0.868. The van der Waals surface area contributed by atoms with Crippen molar-refractivity contribution in [3.8, 4) is 0 Å². The van der Waals surface area contributed by atoms with E-state index in [2.05, 4.69) is 20.8 Å². The van der Waals surface area contributed by atoms with Crippen molar-refractivity contribution >= 4 is 0 Å². The molecule has 2 aliphatic rings. The summed E-state index contributed by atoms with van der Waals surface area (Å²) >= 11 is 0. The normalized spacial score (nSPS) is 62.3. The van der Waals surface area contributed by atoms with Crippen LogP contribution in [0.1, 0.15) is 33.6 Å². The third-order valence-electron chi connectivity index (χ3n) is 4.02. The molecular weight excluding hydrogens is 108 g/mol. The van der Waals surface area contributed by atoms with Crippen LogP contribution < -0.4 is 0 Å². The van der Waals surface area contributed by atoms with Crippen molar-refractivity contribution in [1.29, 1.82) is 0 Å². The fraction of sp³-hybridized carbons (Fsp3) is 1.00. The van der Waals surface area contributed by atoms with E-state index in [1.807, 2.05) is 0 Å². The Morgan fingerprint density at radius 2 is 2.22 bits per heavy atom. The van der Waals surface area contributed by atoms with E-state index in [1.54, 1.807) is 0 Å². The molecule has 0 heteroatoms. The van der Waals surface area contributed by atoms with Gasteiger partial charge in [-0.2, -0.15) is 0 Å². The molecule has 2 fully saturated rings. The Balaban J connectivity index is 2.06. The van der Waals surface area contributed by atoms with Crippen molar-refractivity contribution in [3.63, 3.8) is 0 Å². The Bertz CT molecular complexity index is 139. The highest BCUT2D eigenvalue weighted by Gasteiger charge is 2.67. The van der Waals surface area contributed by atoms with E-state index in [1.165, 1.54) is 12.8 Å². The fourth-order valence-electron chi connectivity index (χ4n) is 2.94. The highest BCUT2D eigenvalue weighted by Crippen LogP contribution is 2.74. The van der Waals surface area contributed by atoms with Crippen LogP contribution in [0.15, 0.2) is 0 Å². The SMILES string of the molecule is CCC1C(C)C2(C)CC12. The van der Waals surface area contributed by atoms with Gasteiger partial charge in [0.25, 0.3) is 0 Å². The zero-order valence-corrected chi connectivity index (χ0v) is 6.65. The maximum Gasteiger partial charge on any atom is -0.0263 e. The molecule has 0 aliphatic heterocycles. The van der Waals surface area contributed by atoms with Crippen molar-refractivity contribution in [2.75, 3.05) is 0 Å². The zero-order valence-electron chi connectivity index (χ0n) is 6.65. The summed E-state index contributed by atoms with van der Waals surface area (Å²) in [4.78, 5) is 0. The minimum atomic E-state index is 0.820. The maximum absolute atomic E-state index is 2.45. The second-order valence-corrected chi connectivity index (χ2v) is 4.18. The van der Waals surface area contributed by atoms with E-state index >= 15 is 0 Å². The van der Waals surface area contributed by atoms with Crippen LogP contribution in [0.25, 0.3) is 0 Å². The van der Waals surface area contributed by atoms with E-state index < -0.39 is 0 Å². The van der Waals surface area contributed by atoms with Gasteiger partial charge in [0.15, 0.2) is 0 Å². The molecular formula is C9H16. The molecule has 52 valence electrons. The van der Waals surface area contributed by atoms with Gasteiger partial charge in [0.05, 0.1) is 0 Å². The first-order chi connectivity index (χ1) is 4.20. The van der Waals surface area contributed by atoms with E-state index in [9.17, 15) is 0 Å². The molecule has 0 radical (unpaired) electrons. The van der Waals surface area contributed by atoms with Crippen LogP contribution in [-0.4, -0.2) is 0 Å². The molecule has 0 heterocycles. The summed E-state index contributed by atoms with van der Waals surface area (Å²) in [5.74, 6) is 3.26. The van der Waals surface area contributed by atoms with Crippen LogP contribution in [0, 0.1) is 23.2 Å².